The molecule has 3 heteroatoms. The van der Waals surface area contributed by atoms with E-state index in [1.807, 2.05) is 0 Å². The molecule has 0 heterocycles. The number of thiocarbonyl (C=S) groups is 1. The quantitative estimate of drug-likeness (QED) is 0.788. The fourth-order valence-electron chi connectivity index (χ4n) is 3.05. The smallest absolute Gasteiger partial charge is 0.171 e. The van der Waals surface area contributed by atoms with Crippen molar-refractivity contribution in [1.82, 2.24) is 5.32 Å². The third-order valence-electron chi connectivity index (χ3n) is 4.44. The summed E-state index contributed by atoms with van der Waals surface area (Å²) in [6, 6.07) is 15.3. The Labute approximate surface area is 137 Å². The van der Waals surface area contributed by atoms with Crippen molar-refractivity contribution in [3.63, 3.8) is 0 Å². The van der Waals surface area contributed by atoms with Crippen molar-refractivity contribution in [3.8, 4) is 0 Å². The summed E-state index contributed by atoms with van der Waals surface area (Å²) in [5.41, 5.74) is 6.45. The van der Waals surface area contributed by atoms with Gasteiger partial charge in [0.2, 0.25) is 0 Å². The molecule has 0 fully saturated rings. The lowest BCUT2D eigenvalue weighted by Crippen LogP contribution is -2.34. The molecule has 0 spiro atoms. The second-order valence-electron chi connectivity index (χ2n) is 6.04. The highest BCUT2D eigenvalue weighted by atomic mass is 32.1. The van der Waals surface area contributed by atoms with E-state index in [0.29, 0.717) is 11.2 Å². The molecule has 1 atom stereocenters. The van der Waals surface area contributed by atoms with Crippen LogP contribution in [0.1, 0.15) is 41.1 Å². The van der Waals surface area contributed by atoms with Gasteiger partial charge in [-0.05, 0) is 79.7 Å². The molecule has 2 aromatic carbocycles. The standard InChI is InChI=1S/C19H22N2S/c1-13-10-11-16(12-14(13)2)20-19(22)21-18-9-5-7-15-6-3-4-8-17(15)18/h3-4,6,8,10-12,18H,5,7,9H2,1-2H3,(H2,20,21,22)/t18-/m1/s1. The van der Waals surface area contributed by atoms with Crippen LogP contribution in [0.4, 0.5) is 5.69 Å². The van der Waals surface area contributed by atoms with Crippen LogP contribution in [0.15, 0.2) is 42.5 Å². The van der Waals surface area contributed by atoms with E-state index in [2.05, 4.69) is 66.9 Å². The highest BCUT2D eigenvalue weighted by Crippen LogP contribution is 2.29. The van der Waals surface area contributed by atoms with Gasteiger partial charge in [0.05, 0.1) is 6.04 Å². The van der Waals surface area contributed by atoms with E-state index in [9.17, 15) is 0 Å². The maximum Gasteiger partial charge on any atom is 0.171 e. The van der Waals surface area contributed by atoms with Crippen molar-refractivity contribution in [2.24, 2.45) is 0 Å². The topological polar surface area (TPSA) is 24.1 Å². The van der Waals surface area contributed by atoms with Gasteiger partial charge in [-0.25, -0.2) is 0 Å². The summed E-state index contributed by atoms with van der Waals surface area (Å²) in [6.45, 7) is 4.24. The van der Waals surface area contributed by atoms with Gasteiger partial charge in [-0.2, -0.15) is 0 Å². The Balaban J connectivity index is 1.69. The minimum Gasteiger partial charge on any atom is -0.356 e. The van der Waals surface area contributed by atoms with Crippen molar-refractivity contribution in [3.05, 3.63) is 64.7 Å². The molecule has 0 saturated carbocycles. The first-order valence-corrected chi connectivity index (χ1v) is 8.27. The van der Waals surface area contributed by atoms with Crippen LogP contribution in [-0.4, -0.2) is 5.11 Å². The molecule has 0 saturated heterocycles. The molecule has 2 nitrogen and oxygen atoms in total. The predicted molar refractivity (Wildman–Crippen MR) is 97.4 cm³/mol. The van der Waals surface area contributed by atoms with Crippen molar-refractivity contribution in [2.45, 2.75) is 39.2 Å². The molecule has 114 valence electrons. The Morgan fingerprint density at radius 2 is 1.91 bits per heavy atom. The first-order valence-electron chi connectivity index (χ1n) is 7.86. The minimum atomic E-state index is 0.316. The molecule has 0 unspecified atom stereocenters. The highest BCUT2D eigenvalue weighted by molar-refractivity contribution is 7.80. The predicted octanol–water partition coefficient (Wildman–Crippen LogP) is 4.67. The van der Waals surface area contributed by atoms with Crippen molar-refractivity contribution >= 4 is 23.0 Å². The molecule has 2 N–H and O–H groups in total. The number of nitrogens with one attached hydrogen (secondary N) is 2. The first-order chi connectivity index (χ1) is 10.6. The Morgan fingerprint density at radius 1 is 1.09 bits per heavy atom. The zero-order chi connectivity index (χ0) is 15.5. The van der Waals surface area contributed by atoms with Crippen molar-refractivity contribution in [2.75, 3.05) is 5.32 Å². The van der Waals surface area contributed by atoms with Crippen molar-refractivity contribution in [1.29, 1.82) is 0 Å². The Bertz CT molecular complexity index is 694. The first kappa shape index (κ1) is 15.0. The van der Waals surface area contributed by atoms with Crippen LogP contribution in [0.2, 0.25) is 0 Å². The second-order valence-corrected chi connectivity index (χ2v) is 6.45. The van der Waals surface area contributed by atoms with Gasteiger partial charge < -0.3 is 10.6 Å². The van der Waals surface area contributed by atoms with E-state index < -0.39 is 0 Å². The summed E-state index contributed by atoms with van der Waals surface area (Å²) >= 11 is 5.50. The second kappa shape index (κ2) is 6.49. The van der Waals surface area contributed by atoms with Gasteiger partial charge in [0.1, 0.15) is 0 Å². The molecule has 22 heavy (non-hydrogen) atoms. The lowest BCUT2D eigenvalue weighted by atomic mass is 9.88. The van der Waals surface area contributed by atoms with Crippen LogP contribution in [-0.2, 0) is 6.42 Å². The van der Waals surface area contributed by atoms with Crippen LogP contribution < -0.4 is 10.6 Å². The van der Waals surface area contributed by atoms with Gasteiger partial charge in [-0.1, -0.05) is 30.3 Å². The number of fused-ring (bicyclic) bond motifs is 1. The van der Waals surface area contributed by atoms with Gasteiger partial charge in [0.15, 0.2) is 5.11 Å². The molecule has 1 aliphatic carbocycles. The largest absolute Gasteiger partial charge is 0.356 e. The summed E-state index contributed by atoms with van der Waals surface area (Å²) in [5.74, 6) is 0. The average Bonchev–Trinajstić information content (AvgIpc) is 2.51. The Morgan fingerprint density at radius 3 is 2.73 bits per heavy atom. The van der Waals surface area contributed by atoms with Crippen LogP contribution in [0.5, 0.6) is 0 Å². The zero-order valence-corrected chi connectivity index (χ0v) is 14.0. The molecule has 2 aromatic rings. The summed E-state index contributed by atoms with van der Waals surface area (Å²) in [6.07, 6.45) is 3.51. The average molecular weight is 310 g/mol. The van der Waals surface area contributed by atoms with Gasteiger partial charge in [0.25, 0.3) is 0 Å². The van der Waals surface area contributed by atoms with Crippen LogP contribution in [0.3, 0.4) is 0 Å². The molecular weight excluding hydrogens is 288 g/mol. The third-order valence-corrected chi connectivity index (χ3v) is 4.66. The maximum absolute atomic E-state index is 5.50. The fourth-order valence-corrected chi connectivity index (χ4v) is 3.31. The number of anilines is 1. The van der Waals surface area contributed by atoms with Gasteiger partial charge in [-0.3, -0.25) is 0 Å². The molecule has 3 rings (SSSR count). The summed E-state index contributed by atoms with van der Waals surface area (Å²) in [5, 5.41) is 7.49. The van der Waals surface area contributed by atoms with Crippen molar-refractivity contribution < 1.29 is 0 Å². The van der Waals surface area contributed by atoms with E-state index in [1.165, 1.54) is 35.1 Å². The van der Waals surface area contributed by atoms with Gasteiger partial charge in [-0.15, -0.1) is 0 Å². The monoisotopic (exact) mass is 310 g/mol. The van der Waals surface area contributed by atoms with E-state index in [1.54, 1.807) is 0 Å². The fraction of sp³-hybridized carbons (Fsp3) is 0.316. The number of hydrogen-bond acceptors (Lipinski definition) is 1. The van der Waals surface area contributed by atoms with Crippen LogP contribution in [0.25, 0.3) is 0 Å². The molecule has 0 radical (unpaired) electrons. The van der Waals surface area contributed by atoms with Crippen LogP contribution in [0, 0.1) is 13.8 Å². The molecule has 0 bridgehead atoms. The highest BCUT2D eigenvalue weighted by Gasteiger charge is 2.20. The van der Waals surface area contributed by atoms with Crippen LogP contribution >= 0.6 is 12.2 Å². The maximum atomic E-state index is 5.50. The van der Waals surface area contributed by atoms with E-state index in [4.69, 9.17) is 12.2 Å². The SMILES string of the molecule is Cc1ccc(NC(=S)N[C@@H]2CCCc3ccccc32)cc1C. The molecule has 1 aliphatic rings. The summed E-state index contributed by atoms with van der Waals surface area (Å²) in [7, 11) is 0. The zero-order valence-electron chi connectivity index (χ0n) is 13.1. The number of aryl methyl sites for hydroxylation is 3. The molecule has 0 amide bonds. The van der Waals surface area contributed by atoms with E-state index in [0.717, 1.165) is 12.1 Å². The number of hydrogen-bond donors (Lipinski definition) is 2. The van der Waals surface area contributed by atoms with E-state index in [-0.39, 0.29) is 0 Å². The number of rotatable bonds is 2. The van der Waals surface area contributed by atoms with Gasteiger partial charge in [0, 0.05) is 5.69 Å². The summed E-state index contributed by atoms with van der Waals surface area (Å²) in [4.78, 5) is 0. The van der Waals surface area contributed by atoms with Gasteiger partial charge >= 0.3 is 0 Å². The third kappa shape index (κ3) is 3.30. The normalized spacial score (nSPS) is 16.7. The number of benzene rings is 2. The minimum absolute atomic E-state index is 0.316. The lowest BCUT2D eigenvalue weighted by molar-refractivity contribution is 0.529. The summed E-state index contributed by atoms with van der Waals surface area (Å²) < 4.78 is 0. The molecule has 0 aromatic heterocycles. The Kier molecular flexibility index (Phi) is 4.44. The molecular formula is C19H22N2S. The van der Waals surface area contributed by atoms with E-state index >= 15 is 0 Å². The Hall–Kier alpha value is -1.87. The molecule has 0 aliphatic heterocycles. The lowest BCUT2D eigenvalue weighted by Gasteiger charge is -2.27.